The summed E-state index contributed by atoms with van der Waals surface area (Å²) >= 11 is 4.89. The van der Waals surface area contributed by atoms with Crippen molar-refractivity contribution in [3.05, 3.63) is 20.8 Å². The summed E-state index contributed by atoms with van der Waals surface area (Å²) in [7, 11) is 2.15. The standard InChI is InChI=1S/C12H20N2OS/c1-3-7-14(2)8-5-4-6-13-10-9-11(15)12(10)16/h9,13H,3-8H2,1-2H3. The molecule has 0 fully saturated rings. The van der Waals surface area contributed by atoms with Gasteiger partial charge >= 0.3 is 0 Å². The quantitative estimate of drug-likeness (QED) is 0.557. The predicted octanol–water partition coefficient (Wildman–Crippen LogP) is 2.19. The number of unbranched alkanes of at least 4 members (excludes halogenated alkanes) is 1. The fourth-order valence-electron chi connectivity index (χ4n) is 1.67. The lowest BCUT2D eigenvalue weighted by molar-refractivity contribution is 0.328. The Morgan fingerprint density at radius 2 is 2.12 bits per heavy atom. The second-order valence-corrected chi connectivity index (χ2v) is 4.60. The normalized spacial score (nSPS) is 11.2. The Hall–Kier alpha value is -0.740. The minimum atomic E-state index is -0.0137. The molecule has 0 heterocycles. The molecule has 0 unspecified atom stereocenters. The molecule has 0 bridgehead atoms. The Balaban J connectivity index is 2.03. The van der Waals surface area contributed by atoms with Crippen LogP contribution in [0.2, 0.25) is 0 Å². The first-order chi connectivity index (χ1) is 7.65. The van der Waals surface area contributed by atoms with Crippen LogP contribution in [0.15, 0.2) is 10.9 Å². The van der Waals surface area contributed by atoms with Crippen molar-refractivity contribution in [3.8, 4) is 0 Å². The van der Waals surface area contributed by atoms with Gasteiger partial charge in [0.15, 0.2) is 0 Å². The van der Waals surface area contributed by atoms with Crippen molar-refractivity contribution in [2.75, 3.05) is 32.0 Å². The molecular weight excluding hydrogens is 220 g/mol. The van der Waals surface area contributed by atoms with Gasteiger partial charge in [-0.05, 0) is 39.4 Å². The van der Waals surface area contributed by atoms with Crippen molar-refractivity contribution in [1.82, 2.24) is 4.90 Å². The van der Waals surface area contributed by atoms with E-state index in [2.05, 4.69) is 24.2 Å². The molecule has 0 radical (unpaired) electrons. The number of hydrogen-bond donors (Lipinski definition) is 1. The molecule has 16 heavy (non-hydrogen) atoms. The third-order valence-corrected chi connectivity index (χ3v) is 3.05. The van der Waals surface area contributed by atoms with Crippen molar-refractivity contribution in [1.29, 1.82) is 0 Å². The van der Waals surface area contributed by atoms with E-state index in [1.165, 1.54) is 12.8 Å². The number of nitrogens with one attached hydrogen (secondary N) is 1. The summed E-state index contributed by atoms with van der Waals surface area (Å²) in [6, 6.07) is 1.57. The molecule has 0 saturated heterocycles. The van der Waals surface area contributed by atoms with Gasteiger partial charge in [-0.1, -0.05) is 19.1 Å². The van der Waals surface area contributed by atoms with Crippen molar-refractivity contribution < 1.29 is 0 Å². The molecule has 3 nitrogen and oxygen atoms in total. The maximum Gasteiger partial charge on any atom is 0.200 e. The van der Waals surface area contributed by atoms with Gasteiger partial charge in [0.1, 0.15) is 4.51 Å². The second-order valence-electron chi connectivity index (χ2n) is 4.19. The van der Waals surface area contributed by atoms with E-state index >= 15 is 0 Å². The largest absolute Gasteiger partial charge is 0.384 e. The molecule has 0 aromatic heterocycles. The maximum atomic E-state index is 10.8. The molecule has 90 valence electrons. The fraction of sp³-hybridized carbons (Fsp3) is 0.667. The van der Waals surface area contributed by atoms with Gasteiger partial charge < -0.3 is 10.2 Å². The van der Waals surface area contributed by atoms with Gasteiger partial charge in [-0.2, -0.15) is 0 Å². The second kappa shape index (κ2) is 6.76. The van der Waals surface area contributed by atoms with Crippen molar-refractivity contribution in [3.63, 3.8) is 0 Å². The van der Waals surface area contributed by atoms with E-state index < -0.39 is 0 Å². The number of nitrogens with zero attached hydrogens (tertiary/aromatic N) is 1. The number of rotatable bonds is 8. The molecule has 1 rings (SSSR count). The molecule has 0 amide bonds. The van der Waals surface area contributed by atoms with Gasteiger partial charge in [0, 0.05) is 12.6 Å². The van der Waals surface area contributed by atoms with E-state index in [1.807, 2.05) is 0 Å². The summed E-state index contributed by atoms with van der Waals surface area (Å²) in [4.78, 5) is 13.2. The molecule has 1 aromatic rings. The summed E-state index contributed by atoms with van der Waals surface area (Å²) < 4.78 is 0.461. The molecule has 1 N–H and O–H groups in total. The molecule has 0 aliphatic rings. The van der Waals surface area contributed by atoms with Gasteiger partial charge in [0.05, 0.1) is 5.69 Å². The highest BCUT2D eigenvalue weighted by Crippen LogP contribution is 2.07. The van der Waals surface area contributed by atoms with E-state index in [9.17, 15) is 4.79 Å². The Kier molecular flexibility index (Phi) is 5.63. The van der Waals surface area contributed by atoms with Crippen molar-refractivity contribution in [2.24, 2.45) is 0 Å². The first-order valence-electron chi connectivity index (χ1n) is 5.88. The Morgan fingerprint density at radius 1 is 1.38 bits per heavy atom. The lowest BCUT2D eigenvalue weighted by Crippen LogP contribution is -2.21. The van der Waals surface area contributed by atoms with Gasteiger partial charge in [-0.3, -0.25) is 4.79 Å². The van der Waals surface area contributed by atoms with Crippen molar-refractivity contribution in [2.45, 2.75) is 26.2 Å². The summed E-state index contributed by atoms with van der Waals surface area (Å²) in [6.45, 7) is 5.40. The monoisotopic (exact) mass is 240 g/mol. The zero-order valence-electron chi connectivity index (χ0n) is 10.1. The van der Waals surface area contributed by atoms with Crippen LogP contribution in [0.5, 0.6) is 0 Å². The summed E-state index contributed by atoms with van der Waals surface area (Å²) in [5.74, 6) is 0. The van der Waals surface area contributed by atoms with Crippen LogP contribution in [-0.2, 0) is 0 Å². The van der Waals surface area contributed by atoms with Crippen LogP contribution in [0.25, 0.3) is 0 Å². The third kappa shape index (κ3) is 4.02. The van der Waals surface area contributed by atoms with Crippen LogP contribution in [0.4, 0.5) is 5.69 Å². The molecule has 0 atom stereocenters. The molecule has 0 aliphatic heterocycles. The summed E-state index contributed by atoms with van der Waals surface area (Å²) in [6.07, 6.45) is 3.50. The highest BCUT2D eigenvalue weighted by Gasteiger charge is 2.03. The van der Waals surface area contributed by atoms with Gasteiger partial charge in [0.25, 0.3) is 0 Å². The van der Waals surface area contributed by atoms with Crippen LogP contribution in [0.1, 0.15) is 26.2 Å². The smallest absolute Gasteiger partial charge is 0.200 e. The maximum absolute atomic E-state index is 10.8. The van der Waals surface area contributed by atoms with E-state index in [-0.39, 0.29) is 5.43 Å². The lowest BCUT2D eigenvalue weighted by atomic mass is 10.2. The molecule has 0 spiro atoms. The van der Waals surface area contributed by atoms with Gasteiger partial charge in [0.2, 0.25) is 5.43 Å². The highest BCUT2D eigenvalue weighted by molar-refractivity contribution is 7.71. The zero-order valence-corrected chi connectivity index (χ0v) is 10.9. The van der Waals surface area contributed by atoms with E-state index in [0.29, 0.717) is 4.51 Å². The van der Waals surface area contributed by atoms with Crippen LogP contribution in [-0.4, -0.2) is 31.6 Å². The first kappa shape index (κ1) is 13.3. The Morgan fingerprint density at radius 3 is 2.69 bits per heavy atom. The van der Waals surface area contributed by atoms with Gasteiger partial charge in [-0.15, -0.1) is 0 Å². The summed E-state index contributed by atoms with van der Waals surface area (Å²) in [5, 5.41) is 3.19. The van der Waals surface area contributed by atoms with E-state index in [0.717, 1.165) is 31.7 Å². The van der Waals surface area contributed by atoms with Gasteiger partial charge in [-0.25, -0.2) is 0 Å². The average Bonchev–Trinajstić information content (AvgIpc) is 2.27. The lowest BCUT2D eigenvalue weighted by Gasteiger charge is -2.15. The van der Waals surface area contributed by atoms with Crippen LogP contribution in [0.3, 0.4) is 0 Å². The van der Waals surface area contributed by atoms with E-state index in [4.69, 9.17) is 12.2 Å². The first-order valence-corrected chi connectivity index (χ1v) is 6.28. The minimum absolute atomic E-state index is 0.0137. The fourth-order valence-corrected chi connectivity index (χ4v) is 1.86. The SMILES string of the molecule is CCCN(C)CCCCNc1cc(=O)c1=S. The topological polar surface area (TPSA) is 32.3 Å². The van der Waals surface area contributed by atoms with E-state index in [1.54, 1.807) is 6.07 Å². The Bertz CT molecular complexity index is 382. The van der Waals surface area contributed by atoms with Crippen LogP contribution >= 0.6 is 12.2 Å². The number of hydrogen-bond acceptors (Lipinski definition) is 4. The molecule has 0 aliphatic carbocycles. The zero-order chi connectivity index (χ0) is 12.0. The molecule has 0 saturated carbocycles. The highest BCUT2D eigenvalue weighted by atomic mass is 32.1. The van der Waals surface area contributed by atoms with Crippen LogP contribution < -0.4 is 10.7 Å². The molecular formula is C12H20N2OS. The third-order valence-electron chi connectivity index (χ3n) is 2.63. The molecule has 1 aromatic carbocycles. The molecule has 4 heteroatoms. The number of anilines is 1. The minimum Gasteiger partial charge on any atom is -0.384 e. The average molecular weight is 240 g/mol. The predicted molar refractivity (Wildman–Crippen MR) is 71.4 cm³/mol. The van der Waals surface area contributed by atoms with Crippen LogP contribution in [0, 0.1) is 4.51 Å². The van der Waals surface area contributed by atoms with Crippen molar-refractivity contribution >= 4 is 17.9 Å². The summed E-state index contributed by atoms with van der Waals surface area (Å²) in [5.41, 5.74) is 0.835. The Labute approximate surface area is 102 Å².